The zero-order chi connectivity index (χ0) is 19.4. The lowest BCUT2D eigenvalue weighted by atomic mass is 10.1. The Labute approximate surface area is 168 Å². The Hall–Kier alpha value is -2.84. The molecule has 3 aromatic rings. The van der Waals surface area contributed by atoms with E-state index in [0.29, 0.717) is 10.7 Å². The maximum Gasteiger partial charge on any atom is 0.431 e. The number of carbonyl (C=O) groups is 2. The molecule has 2 aromatic carbocycles. The van der Waals surface area contributed by atoms with Crippen LogP contribution in [0.1, 0.15) is 10.5 Å². The lowest BCUT2D eigenvalue weighted by Crippen LogP contribution is -2.32. The van der Waals surface area contributed by atoms with Gasteiger partial charge in [-0.15, -0.1) is 0 Å². The van der Waals surface area contributed by atoms with Crippen molar-refractivity contribution in [1.29, 1.82) is 0 Å². The number of hydroxylamine groups is 1. The molecular formula is C18H14BrClN4O3. The summed E-state index contributed by atoms with van der Waals surface area (Å²) >= 11 is 9.36. The first-order valence-corrected chi connectivity index (χ1v) is 8.96. The second kappa shape index (κ2) is 8.24. The number of carbonyl (C=O) groups excluding carboxylic acids is 2. The third-order valence-corrected chi connectivity index (χ3v) is 4.37. The van der Waals surface area contributed by atoms with Crippen molar-refractivity contribution in [2.24, 2.45) is 0 Å². The molecule has 0 unspecified atom stereocenters. The van der Waals surface area contributed by atoms with Crippen LogP contribution in [0, 0.1) is 0 Å². The summed E-state index contributed by atoms with van der Waals surface area (Å²) in [5.74, 6) is -0.648. The third kappa shape index (κ3) is 4.47. The smallest absolute Gasteiger partial charge is 0.323 e. The van der Waals surface area contributed by atoms with Crippen molar-refractivity contribution in [2.45, 2.75) is 0 Å². The number of halogens is 2. The maximum absolute atomic E-state index is 12.3. The summed E-state index contributed by atoms with van der Waals surface area (Å²) in [5.41, 5.74) is 4.41. The number of amides is 2. The van der Waals surface area contributed by atoms with Crippen LogP contribution in [-0.2, 0) is 4.84 Å². The summed E-state index contributed by atoms with van der Waals surface area (Å²) in [5, 5.41) is 7.17. The van der Waals surface area contributed by atoms with Gasteiger partial charge in [-0.3, -0.25) is 4.79 Å². The van der Waals surface area contributed by atoms with E-state index in [2.05, 4.69) is 36.7 Å². The summed E-state index contributed by atoms with van der Waals surface area (Å²) < 4.78 is 2.55. The Morgan fingerprint density at radius 2 is 1.78 bits per heavy atom. The molecule has 27 heavy (non-hydrogen) atoms. The van der Waals surface area contributed by atoms with Gasteiger partial charge < -0.3 is 10.2 Å². The molecule has 3 rings (SSSR count). The first-order valence-electron chi connectivity index (χ1n) is 7.79. The van der Waals surface area contributed by atoms with Crippen LogP contribution < -0.4 is 10.8 Å². The molecule has 0 atom stereocenters. The monoisotopic (exact) mass is 448 g/mol. The van der Waals surface area contributed by atoms with Crippen LogP contribution in [0.25, 0.3) is 16.9 Å². The Morgan fingerprint density at radius 3 is 2.41 bits per heavy atom. The van der Waals surface area contributed by atoms with Crippen LogP contribution >= 0.6 is 27.5 Å². The fourth-order valence-electron chi connectivity index (χ4n) is 2.29. The number of hydrogen-bond donors (Lipinski definition) is 2. The maximum atomic E-state index is 12.3. The highest BCUT2D eigenvalue weighted by atomic mass is 79.9. The number of hydrogen-bond acceptors (Lipinski definition) is 4. The van der Waals surface area contributed by atoms with Gasteiger partial charge in [-0.2, -0.15) is 10.6 Å². The van der Waals surface area contributed by atoms with Gasteiger partial charge in [-0.05, 0) is 42.5 Å². The van der Waals surface area contributed by atoms with Gasteiger partial charge in [0.25, 0.3) is 0 Å². The van der Waals surface area contributed by atoms with Gasteiger partial charge in [0, 0.05) is 22.1 Å². The lowest BCUT2D eigenvalue weighted by Gasteiger charge is -2.08. The fraction of sp³-hybridized carbons (Fsp3) is 0.0556. The highest BCUT2D eigenvalue weighted by Gasteiger charge is 2.18. The second-order valence-corrected chi connectivity index (χ2v) is 6.73. The number of nitrogens with one attached hydrogen (secondary N) is 2. The molecule has 0 aliphatic heterocycles. The van der Waals surface area contributed by atoms with Gasteiger partial charge in [-0.1, -0.05) is 39.7 Å². The molecule has 0 spiro atoms. The average molecular weight is 450 g/mol. The van der Waals surface area contributed by atoms with Crippen LogP contribution in [0.5, 0.6) is 0 Å². The summed E-state index contributed by atoms with van der Waals surface area (Å²) in [6.07, 6.45) is -0.784. The van der Waals surface area contributed by atoms with E-state index < -0.39 is 12.0 Å². The Bertz CT molecular complexity index is 908. The number of benzene rings is 2. The zero-order valence-corrected chi connectivity index (χ0v) is 16.4. The van der Waals surface area contributed by atoms with Gasteiger partial charge in [0.15, 0.2) is 5.69 Å². The van der Waals surface area contributed by atoms with Crippen LogP contribution in [0.3, 0.4) is 0 Å². The van der Waals surface area contributed by atoms with Crippen molar-refractivity contribution in [3.63, 3.8) is 0 Å². The predicted molar refractivity (Wildman–Crippen MR) is 105 cm³/mol. The second-order valence-electron chi connectivity index (χ2n) is 5.38. The molecule has 0 radical (unpaired) electrons. The van der Waals surface area contributed by atoms with Crippen LogP contribution in [0.15, 0.2) is 59.1 Å². The molecule has 7 nitrogen and oxygen atoms in total. The quantitative estimate of drug-likeness (QED) is 0.593. The van der Waals surface area contributed by atoms with E-state index in [0.717, 1.165) is 15.7 Å². The fourth-order valence-corrected chi connectivity index (χ4v) is 2.68. The Morgan fingerprint density at radius 1 is 1.11 bits per heavy atom. The van der Waals surface area contributed by atoms with E-state index in [1.165, 1.54) is 7.05 Å². The van der Waals surface area contributed by atoms with Gasteiger partial charge in [0.2, 0.25) is 0 Å². The van der Waals surface area contributed by atoms with Gasteiger partial charge in [0.1, 0.15) is 0 Å². The van der Waals surface area contributed by atoms with Crippen molar-refractivity contribution in [3.05, 3.63) is 69.8 Å². The number of rotatable bonds is 3. The molecule has 0 saturated heterocycles. The SMILES string of the molecule is CNC(=O)ONC(=O)c1cc(-c2ccc(Br)cc2)n(-c2ccc(Cl)cc2)n1. The molecule has 0 saturated carbocycles. The average Bonchev–Trinajstić information content (AvgIpc) is 3.12. The summed E-state index contributed by atoms with van der Waals surface area (Å²) in [4.78, 5) is 28.0. The van der Waals surface area contributed by atoms with Gasteiger partial charge in [-0.25, -0.2) is 9.48 Å². The van der Waals surface area contributed by atoms with Gasteiger partial charge >= 0.3 is 12.0 Å². The zero-order valence-electron chi connectivity index (χ0n) is 14.1. The Kier molecular flexibility index (Phi) is 5.78. The minimum atomic E-state index is -0.784. The molecule has 138 valence electrons. The van der Waals surface area contributed by atoms with Crippen molar-refractivity contribution in [3.8, 4) is 16.9 Å². The van der Waals surface area contributed by atoms with E-state index in [9.17, 15) is 9.59 Å². The molecule has 2 amide bonds. The minimum Gasteiger partial charge on any atom is -0.323 e. The van der Waals surface area contributed by atoms with Crippen molar-refractivity contribution in [1.82, 2.24) is 20.6 Å². The normalized spacial score (nSPS) is 10.3. The highest BCUT2D eigenvalue weighted by Crippen LogP contribution is 2.26. The van der Waals surface area contributed by atoms with Crippen LogP contribution in [-0.4, -0.2) is 28.8 Å². The minimum absolute atomic E-state index is 0.0896. The van der Waals surface area contributed by atoms with Crippen LogP contribution in [0.2, 0.25) is 5.02 Å². The highest BCUT2D eigenvalue weighted by molar-refractivity contribution is 9.10. The predicted octanol–water partition coefficient (Wildman–Crippen LogP) is 3.96. The summed E-state index contributed by atoms with van der Waals surface area (Å²) in [7, 11) is 1.38. The number of aromatic nitrogens is 2. The number of nitrogens with zero attached hydrogens (tertiary/aromatic N) is 2. The van der Waals surface area contributed by atoms with E-state index in [-0.39, 0.29) is 5.69 Å². The molecule has 0 fully saturated rings. The molecule has 0 aliphatic carbocycles. The lowest BCUT2D eigenvalue weighted by molar-refractivity contribution is 0.0573. The third-order valence-electron chi connectivity index (χ3n) is 3.59. The van der Waals surface area contributed by atoms with Crippen LogP contribution in [0.4, 0.5) is 4.79 Å². The molecule has 2 N–H and O–H groups in total. The van der Waals surface area contributed by atoms with E-state index >= 15 is 0 Å². The molecule has 0 bridgehead atoms. The first kappa shape index (κ1) is 18.9. The molecular weight excluding hydrogens is 436 g/mol. The molecule has 1 heterocycles. The molecule has 9 heteroatoms. The van der Waals surface area contributed by atoms with E-state index in [4.69, 9.17) is 11.6 Å². The standard InChI is InChI=1S/C18H14BrClN4O3/c1-21-18(26)27-23-17(25)15-10-16(11-2-4-12(19)5-3-11)24(22-15)14-8-6-13(20)7-9-14/h2-10H,1H3,(H,21,26)(H,23,25). The van der Waals surface area contributed by atoms with E-state index in [1.807, 2.05) is 24.3 Å². The summed E-state index contributed by atoms with van der Waals surface area (Å²) in [6, 6.07) is 16.2. The first-order chi connectivity index (χ1) is 13.0. The molecule has 0 aliphatic rings. The van der Waals surface area contributed by atoms with Gasteiger partial charge in [0.05, 0.1) is 11.4 Å². The summed E-state index contributed by atoms with van der Waals surface area (Å²) in [6.45, 7) is 0. The van der Waals surface area contributed by atoms with Crippen molar-refractivity contribution in [2.75, 3.05) is 7.05 Å². The van der Waals surface area contributed by atoms with E-state index in [1.54, 1.807) is 35.0 Å². The Balaban J connectivity index is 2.00. The van der Waals surface area contributed by atoms with Crippen molar-refractivity contribution < 1.29 is 14.4 Å². The van der Waals surface area contributed by atoms with Crippen molar-refractivity contribution >= 4 is 39.5 Å². The topological polar surface area (TPSA) is 85.3 Å². The molecule has 1 aromatic heterocycles. The largest absolute Gasteiger partial charge is 0.431 e.